The van der Waals surface area contributed by atoms with E-state index in [1.54, 1.807) is 13.3 Å². The number of nitrogens with one attached hydrogen (secondary N) is 1. The summed E-state index contributed by atoms with van der Waals surface area (Å²) >= 11 is 5.95. The maximum absolute atomic E-state index is 5.95. The second-order valence-corrected chi connectivity index (χ2v) is 5.07. The van der Waals surface area contributed by atoms with Crippen LogP contribution in [0.1, 0.15) is 30.5 Å². The fourth-order valence-electron chi connectivity index (χ4n) is 2.10. The minimum atomic E-state index is 0.239. The van der Waals surface area contributed by atoms with Crippen LogP contribution >= 0.6 is 11.6 Å². The van der Waals surface area contributed by atoms with Gasteiger partial charge in [-0.3, -0.25) is 0 Å². The summed E-state index contributed by atoms with van der Waals surface area (Å²) in [6.45, 7) is 4.10. The summed E-state index contributed by atoms with van der Waals surface area (Å²) in [5.74, 6) is 0.868. The third-order valence-corrected chi connectivity index (χ3v) is 3.68. The Morgan fingerprint density at radius 2 is 2.00 bits per heavy atom. The Kier molecular flexibility index (Phi) is 4.85. The summed E-state index contributed by atoms with van der Waals surface area (Å²) in [6, 6.07) is 10.4. The van der Waals surface area contributed by atoms with Crippen molar-refractivity contribution in [2.24, 2.45) is 0 Å². The number of halogens is 1. The summed E-state index contributed by atoms with van der Waals surface area (Å²) in [5, 5.41) is 4.04. The van der Waals surface area contributed by atoms with Gasteiger partial charge in [-0.2, -0.15) is 0 Å². The van der Waals surface area contributed by atoms with E-state index in [-0.39, 0.29) is 6.04 Å². The maximum Gasteiger partial charge on any atom is 0.132 e. The average Bonchev–Trinajstić information content (AvgIpc) is 2.48. The molecule has 20 heavy (non-hydrogen) atoms. The molecule has 0 bridgehead atoms. The number of aromatic nitrogens is 1. The normalized spacial score (nSPS) is 12.0. The zero-order valence-electron chi connectivity index (χ0n) is 12.0. The number of rotatable bonds is 5. The Bertz CT molecular complexity index is 569. The van der Waals surface area contributed by atoms with Gasteiger partial charge in [0.2, 0.25) is 0 Å². The van der Waals surface area contributed by atoms with E-state index >= 15 is 0 Å². The second-order valence-electron chi connectivity index (χ2n) is 4.71. The smallest absolute Gasteiger partial charge is 0.132 e. The highest BCUT2D eigenvalue weighted by atomic mass is 35.5. The molecular weight excluding hydrogens is 272 g/mol. The monoisotopic (exact) mass is 290 g/mol. The van der Waals surface area contributed by atoms with Crippen LogP contribution in [0.25, 0.3) is 0 Å². The van der Waals surface area contributed by atoms with Crippen LogP contribution in [-0.4, -0.2) is 12.1 Å². The molecule has 1 aromatic heterocycles. The first-order valence-electron chi connectivity index (χ1n) is 6.66. The van der Waals surface area contributed by atoms with Crippen LogP contribution in [0.2, 0.25) is 5.15 Å². The van der Waals surface area contributed by atoms with E-state index in [0.29, 0.717) is 5.15 Å². The van der Waals surface area contributed by atoms with E-state index in [4.69, 9.17) is 16.3 Å². The standard InChI is InChI=1S/C16H19ClN2O/c1-4-15(12-5-7-14(20-3)8-6-12)19-13-9-11(2)16(17)18-10-13/h5-10,15,19H,4H2,1-3H3. The molecular formula is C16H19ClN2O. The topological polar surface area (TPSA) is 34.2 Å². The number of benzene rings is 1. The third kappa shape index (κ3) is 3.42. The average molecular weight is 291 g/mol. The van der Waals surface area contributed by atoms with E-state index in [9.17, 15) is 0 Å². The van der Waals surface area contributed by atoms with Crippen molar-refractivity contribution in [1.82, 2.24) is 4.98 Å². The van der Waals surface area contributed by atoms with Gasteiger partial charge in [-0.1, -0.05) is 30.7 Å². The van der Waals surface area contributed by atoms with E-state index < -0.39 is 0 Å². The summed E-state index contributed by atoms with van der Waals surface area (Å²) in [6.07, 6.45) is 2.75. The predicted molar refractivity (Wildman–Crippen MR) is 83.6 cm³/mol. The van der Waals surface area contributed by atoms with Gasteiger partial charge in [0.05, 0.1) is 25.0 Å². The number of hydrogen-bond acceptors (Lipinski definition) is 3. The van der Waals surface area contributed by atoms with Crippen LogP contribution in [0.15, 0.2) is 36.5 Å². The Labute approximate surface area is 124 Å². The molecule has 0 saturated heterocycles. The van der Waals surface area contributed by atoms with Crippen molar-refractivity contribution < 1.29 is 4.74 Å². The first kappa shape index (κ1) is 14.7. The minimum Gasteiger partial charge on any atom is -0.497 e. The molecule has 1 aromatic carbocycles. The van der Waals surface area contributed by atoms with Crippen LogP contribution in [0.4, 0.5) is 5.69 Å². The van der Waals surface area contributed by atoms with Crippen LogP contribution in [0, 0.1) is 6.92 Å². The lowest BCUT2D eigenvalue weighted by Crippen LogP contribution is -2.10. The van der Waals surface area contributed by atoms with Crippen LogP contribution in [0.3, 0.4) is 0 Å². The van der Waals surface area contributed by atoms with Crippen molar-refractivity contribution in [3.63, 3.8) is 0 Å². The van der Waals surface area contributed by atoms with E-state index in [1.807, 2.05) is 25.1 Å². The van der Waals surface area contributed by atoms with E-state index in [1.165, 1.54) is 5.56 Å². The van der Waals surface area contributed by atoms with Gasteiger partial charge in [0.15, 0.2) is 0 Å². The molecule has 0 fully saturated rings. The predicted octanol–water partition coefficient (Wildman–Crippen LogP) is 4.62. The maximum atomic E-state index is 5.95. The molecule has 1 unspecified atom stereocenters. The summed E-state index contributed by atoms with van der Waals surface area (Å²) in [5.41, 5.74) is 3.18. The molecule has 1 atom stereocenters. The van der Waals surface area contributed by atoms with Gasteiger partial charge in [0.25, 0.3) is 0 Å². The molecule has 0 aliphatic heterocycles. The van der Waals surface area contributed by atoms with Crippen molar-refractivity contribution in [1.29, 1.82) is 0 Å². The van der Waals surface area contributed by atoms with E-state index in [0.717, 1.165) is 23.4 Å². The van der Waals surface area contributed by atoms with Gasteiger partial charge in [0.1, 0.15) is 10.9 Å². The Hall–Kier alpha value is -1.74. The lowest BCUT2D eigenvalue weighted by atomic mass is 10.0. The van der Waals surface area contributed by atoms with Crippen molar-refractivity contribution in [2.75, 3.05) is 12.4 Å². The zero-order chi connectivity index (χ0) is 14.5. The first-order valence-corrected chi connectivity index (χ1v) is 7.04. The van der Waals surface area contributed by atoms with E-state index in [2.05, 4.69) is 29.4 Å². The third-order valence-electron chi connectivity index (χ3n) is 3.28. The zero-order valence-corrected chi connectivity index (χ0v) is 12.7. The highest BCUT2D eigenvalue weighted by Gasteiger charge is 2.10. The van der Waals surface area contributed by atoms with Crippen molar-refractivity contribution in [3.05, 3.63) is 52.8 Å². The molecule has 2 rings (SSSR count). The van der Waals surface area contributed by atoms with Crippen LogP contribution < -0.4 is 10.1 Å². The largest absolute Gasteiger partial charge is 0.497 e. The lowest BCUT2D eigenvalue weighted by molar-refractivity contribution is 0.414. The van der Waals surface area contributed by atoms with Crippen molar-refractivity contribution in [2.45, 2.75) is 26.3 Å². The van der Waals surface area contributed by atoms with Crippen LogP contribution in [-0.2, 0) is 0 Å². The molecule has 0 spiro atoms. The molecule has 0 radical (unpaired) electrons. The Balaban J connectivity index is 2.16. The Morgan fingerprint density at radius 1 is 1.30 bits per heavy atom. The van der Waals surface area contributed by atoms with Gasteiger partial charge in [-0.05, 0) is 42.7 Å². The molecule has 4 heteroatoms. The molecule has 1 heterocycles. The Morgan fingerprint density at radius 3 is 2.55 bits per heavy atom. The molecule has 2 aromatic rings. The number of pyridine rings is 1. The van der Waals surface area contributed by atoms with Gasteiger partial charge >= 0.3 is 0 Å². The highest BCUT2D eigenvalue weighted by Crippen LogP contribution is 2.25. The lowest BCUT2D eigenvalue weighted by Gasteiger charge is -2.19. The summed E-state index contributed by atoms with van der Waals surface area (Å²) < 4.78 is 5.18. The molecule has 3 nitrogen and oxygen atoms in total. The van der Waals surface area contributed by atoms with Gasteiger partial charge in [-0.15, -0.1) is 0 Å². The number of hydrogen-bond donors (Lipinski definition) is 1. The number of aryl methyl sites for hydroxylation is 1. The summed E-state index contributed by atoms with van der Waals surface area (Å²) in [4.78, 5) is 4.17. The fourth-order valence-corrected chi connectivity index (χ4v) is 2.20. The minimum absolute atomic E-state index is 0.239. The van der Waals surface area contributed by atoms with Gasteiger partial charge in [-0.25, -0.2) is 4.98 Å². The number of methoxy groups -OCH3 is 1. The fraction of sp³-hybridized carbons (Fsp3) is 0.312. The van der Waals surface area contributed by atoms with Gasteiger partial charge < -0.3 is 10.1 Å². The van der Waals surface area contributed by atoms with Crippen molar-refractivity contribution >= 4 is 17.3 Å². The van der Waals surface area contributed by atoms with Crippen molar-refractivity contribution in [3.8, 4) is 5.75 Å². The number of nitrogens with zero attached hydrogens (tertiary/aromatic N) is 1. The highest BCUT2D eigenvalue weighted by molar-refractivity contribution is 6.30. The van der Waals surface area contributed by atoms with Gasteiger partial charge in [0, 0.05) is 0 Å². The molecule has 0 amide bonds. The second kappa shape index (κ2) is 6.62. The first-order chi connectivity index (χ1) is 9.63. The number of ether oxygens (including phenoxy) is 1. The number of anilines is 1. The molecule has 0 aliphatic carbocycles. The van der Waals surface area contributed by atoms with Crippen LogP contribution in [0.5, 0.6) is 5.75 Å². The summed E-state index contributed by atoms with van der Waals surface area (Å²) in [7, 11) is 1.67. The quantitative estimate of drug-likeness (QED) is 0.816. The molecule has 1 N–H and O–H groups in total. The molecule has 0 saturated carbocycles. The molecule has 106 valence electrons. The SMILES string of the molecule is CCC(Nc1cnc(Cl)c(C)c1)c1ccc(OC)cc1. The molecule has 0 aliphatic rings.